The molecule has 0 heterocycles. The highest BCUT2D eigenvalue weighted by Crippen LogP contribution is 2.08. The first-order valence-corrected chi connectivity index (χ1v) is 19.1. The average molecular weight is 703 g/mol. The number of carbonyl (C=O) groups is 3. The zero-order chi connectivity index (χ0) is 37.3. The van der Waals surface area contributed by atoms with E-state index in [9.17, 15) is 14.4 Å². The van der Waals surface area contributed by atoms with Crippen LogP contribution in [0.2, 0.25) is 0 Å². The lowest BCUT2D eigenvalue weighted by molar-refractivity contribution is -0.166. The minimum atomic E-state index is -0.855. The highest BCUT2D eigenvalue weighted by Gasteiger charge is 2.19. The van der Waals surface area contributed by atoms with Crippen LogP contribution in [0.3, 0.4) is 0 Å². The molecule has 0 saturated heterocycles. The van der Waals surface area contributed by atoms with E-state index < -0.39 is 18.0 Å². The maximum Gasteiger partial charge on any atom is 0.309 e. The van der Waals surface area contributed by atoms with Crippen molar-refractivity contribution in [2.75, 3.05) is 13.2 Å². The van der Waals surface area contributed by atoms with Gasteiger partial charge in [-0.05, 0) is 77.0 Å². The van der Waals surface area contributed by atoms with Crippen LogP contribution in [0, 0.1) is 0 Å². The standard InChI is InChI=1S/C45H66O6/c1-4-7-10-13-16-19-21-22-24-26-29-32-35-38-44(47)50-41-42(40-49-43(46)37-34-31-28-25-18-15-12-9-6-3)51-45(48)39-36-33-30-27-23-20-17-14-11-8-5-2/h7-13,16-22,24-25,27,30-31,34,42H,4-6,14-15,23,26,28-29,32-33,35-41H2,1-3H3/b10-7-,11-8-,12-9-,16-13-,20-17-,21-19-,24-22-,25-18-,30-27-,34-31-. The Labute approximate surface area is 310 Å². The SMILES string of the molecule is CC\C=C/C=C\C=C/C=C\CCCCCC(=O)OCC(COC(=O)C/C=C\C/C=C\C/C=C\CC)OC(=O)CCC/C=C\C/C=C\C/C=C\CC. The third-order valence-electron chi connectivity index (χ3n) is 7.07. The second-order valence-corrected chi connectivity index (χ2v) is 11.8. The highest BCUT2D eigenvalue weighted by molar-refractivity contribution is 5.72. The molecule has 0 aliphatic carbocycles. The Hall–Kier alpha value is -4.19. The molecule has 0 aromatic rings. The normalized spacial score (nSPS) is 13.4. The van der Waals surface area contributed by atoms with Crippen molar-refractivity contribution in [1.82, 2.24) is 0 Å². The van der Waals surface area contributed by atoms with Crippen molar-refractivity contribution in [3.8, 4) is 0 Å². The third kappa shape index (κ3) is 36.9. The number of rotatable bonds is 31. The lowest BCUT2D eigenvalue weighted by Gasteiger charge is -2.18. The average Bonchev–Trinajstić information content (AvgIpc) is 3.12. The number of hydrogen-bond donors (Lipinski definition) is 0. The van der Waals surface area contributed by atoms with Gasteiger partial charge in [0, 0.05) is 12.8 Å². The van der Waals surface area contributed by atoms with Crippen molar-refractivity contribution in [3.63, 3.8) is 0 Å². The number of ether oxygens (including phenoxy) is 3. The van der Waals surface area contributed by atoms with Gasteiger partial charge in [0.2, 0.25) is 0 Å². The molecule has 0 N–H and O–H groups in total. The van der Waals surface area contributed by atoms with Crippen molar-refractivity contribution in [2.24, 2.45) is 0 Å². The molecule has 1 atom stereocenters. The van der Waals surface area contributed by atoms with Gasteiger partial charge in [0.25, 0.3) is 0 Å². The Morgan fingerprint density at radius 2 is 0.902 bits per heavy atom. The van der Waals surface area contributed by atoms with E-state index in [1.165, 1.54) is 0 Å². The van der Waals surface area contributed by atoms with Gasteiger partial charge in [0.1, 0.15) is 13.2 Å². The zero-order valence-electron chi connectivity index (χ0n) is 31.8. The van der Waals surface area contributed by atoms with Crippen molar-refractivity contribution < 1.29 is 28.6 Å². The minimum Gasteiger partial charge on any atom is -0.462 e. The molecule has 6 heteroatoms. The number of allylic oxidation sites excluding steroid dienone is 19. The molecule has 0 saturated carbocycles. The lowest BCUT2D eigenvalue weighted by atomic mass is 10.1. The van der Waals surface area contributed by atoms with Gasteiger partial charge in [-0.2, -0.15) is 0 Å². The molecule has 6 nitrogen and oxygen atoms in total. The Morgan fingerprint density at radius 1 is 0.431 bits per heavy atom. The van der Waals surface area contributed by atoms with Gasteiger partial charge in [-0.25, -0.2) is 0 Å². The van der Waals surface area contributed by atoms with E-state index in [0.717, 1.165) is 70.6 Å². The lowest BCUT2D eigenvalue weighted by Crippen LogP contribution is -2.30. The molecular formula is C45H66O6. The summed E-state index contributed by atoms with van der Waals surface area (Å²) in [5.41, 5.74) is 0. The number of hydrogen-bond acceptors (Lipinski definition) is 6. The first-order valence-electron chi connectivity index (χ1n) is 19.1. The fourth-order valence-electron chi connectivity index (χ4n) is 4.30. The molecule has 51 heavy (non-hydrogen) atoms. The highest BCUT2D eigenvalue weighted by atomic mass is 16.6. The molecular weight excluding hydrogens is 636 g/mol. The van der Waals surface area contributed by atoms with Gasteiger partial charge in [-0.15, -0.1) is 0 Å². The van der Waals surface area contributed by atoms with Gasteiger partial charge < -0.3 is 14.2 Å². The Balaban J connectivity index is 4.65. The van der Waals surface area contributed by atoms with E-state index in [0.29, 0.717) is 12.8 Å². The van der Waals surface area contributed by atoms with E-state index in [4.69, 9.17) is 14.2 Å². The molecule has 0 rings (SSSR count). The molecule has 0 aromatic heterocycles. The van der Waals surface area contributed by atoms with Crippen LogP contribution in [-0.4, -0.2) is 37.2 Å². The van der Waals surface area contributed by atoms with Gasteiger partial charge in [0.15, 0.2) is 6.10 Å². The van der Waals surface area contributed by atoms with Crippen LogP contribution in [0.4, 0.5) is 0 Å². The van der Waals surface area contributed by atoms with Crippen molar-refractivity contribution in [2.45, 2.75) is 130 Å². The Morgan fingerprint density at radius 3 is 1.51 bits per heavy atom. The molecule has 0 amide bonds. The smallest absolute Gasteiger partial charge is 0.309 e. The predicted octanol–water partition coefficient (Wildman–Crippen LogP) is 11.8. The number of carbonyl (C=O) groups excluding carboxylic acids is 3. The summed E-state index contributed by atoms with van der Waals surface area (Å²) in [4.78, 5) is 37.3. The Bertz CT molecular complexity index is 1170. The summed E-state index contributed by atoms with van der Waals surface area (Å²) in [6, 6.07) is 0. The molecule has 0 aliphatic heterocycles. The topological polar surface area (TPSA) is 78.9 Å². The summed E-state index contributed by atoms with van der Waals surface area (Å²) in [7, 11) is 0. The van der Waals surface area contributed by atoms with Crippen molar-refractivity contribution in [3.05, 3.63) is 122 Å². The molecule has 0 spiro atoms. The monoisotopic (exact) mass is 702 g/mol. The van der Waals surface area contributed by atoms with E-state index in [-0.39, 0.29) is 38.4 Å². The third-order valence-corrected chi connectivity index (χ3v) is 7.07. The van der Waals surface area contributed by atoms with Gasteiger partial charge >= 0.3 is 17.9 Å². The van der Waals surface area contributed by atoms with E-state index in [1.807, 2.05) is 42.5 Å². The van der Waals surface area contributed by atoms with Crippen LogP contribution in [0.25, 0.3) is 0 Å². The fraction of sp³-hybridized carbons (Fsp3) is 0.489. The summed E-state index contributed by atoms with van der Waals surface area (Å²) in [6.45, 7) is 6.01. The molecule has 0 aromatic carbocycles. The molecule has 0 aliphatic rings. The maximum atomic E-state index is 12.6. The zero-order valence-corrected chi connectivity index (χ0v) is 31.8. The summed E-state index contributed by atoms with van der Waals surface area (Å²) in [5.74, 6) is -1.19. The van der Waals surface area contributed by atoms with Crippen LogP contribution in [0.5, 0.6) is 0 Å². The first-order chi connectivity index (χ1) is 25.0. The quantitative estimate of drug-likeness (QED) is 0.0235. The van der Waals surface area contributed by atoms with E-state index in [1.54, 1.807) is 6.08 Å². The first kappa shape index (κ1) is 46.8. The van der Waals surface area contributed by atoms with Crippen LogP contribution in [0.15, 0.2) is 122 Å². The van der Waals surface area contributed by atoms with Gasteiger partial charge in [-0.3, -0.25) is 14.4 Å². The number of esters is 3. The summed E-state index contributed by atoms with van der Waals surface area (Å²) in [5, 5.41) is 0. The van der Waals surface area contributed by atoms with Gasteiger partial charge in [-0.1, -0.05) is 149 Å². The second-order valence-electron chi connectivity index (χ2n) is 11.8. The summed E-state index contributed by atoms with van der Waals surface area (Å²) < 4.78 is 16.4. The van der Waals surface area contributed by atoms with Gasteiger partial charge in [0.05, 0.1) is 6.42 Å². The largest absolute Gasteiger partial charge is 0.462 e. The van der Waals surface area contributed by atoms with Crippen molar-refractivity contribution >= 4 is 17.9 Å². The molecule has 282 valence electrons. The predicted molar refractivity (Wildman–Crippen MR) is 214 cm³/mol. The minimum absolute atomic E-state index is 0.111. The van der Waals surface area contributed by atoms with Crippen LogP contribution in [0.1, 0.15) is 124 Å². The Kier molecular flexibility index (Phi) is 35.4. The molecule has 0 fully saturated rings. The maximum absolute atomic E-state index is 12.6. The molecule has 0 bridgehead atoms. The second kappa shape index (κ2) is 38.6. The number of unbranched alkanes of at least 4 members (excludes halogenated alkanes) is 4. The van der Waals surface area contributed by atoms with Crippen LogP contribution < -0.4 is 0 Å². The fourth-order valence-corrected chi connectivity index (χ4v) is 4.30. The molecule has 0 radical (unpaired) electrons. The summed E-state index contributed by atoms with van der Waals surface area (Å²) >= 11 is 0. The van der Waals surface area contributed by atoms with Crippen LogP contribution in [-0.2, 0) is 28.6 Å². The van der Waals surface area contributed by atoms with Crippen molar-refractivity contribution in [1.29, 1.82) is 0 Å². The van der Waals surface area contributed by atoms with E-state index >= 15 is 0 Å². The van der Waals surface area contributed by atoms with Crippen LogP contribution >= 0.6 is 0 Å². The molecule has 1 unspecified atom stereocenters. The summed E-state index contributed by atoms with van der Waals surface area (Å²) in [6.07, 6.45) is 52.3. The van der Waals surface area contributed by atoms with E-state index in [2.05, 4.69) is 93.7 Å².